The van der Waals surface area contributed by atoms with Crippen molar-refractivity contribution in [1.29, 1.82) is 0 Å². The third kappa shape index (κ3) is 3.99. The Morgan fingerprint density at radius 1 is 1.22 bits per heavy atom. The van der Waals surface area contributed by atoms with E-state index in [1.54, 1.807) is 36.4 Å². The fourth-order valence-corrected chi connectivity index (χ4v) is 4.40. The Kier molecular flexibility index (Phi) is 5.14. The number of fused-ring (bicyclic) bond motifs is 1. The van der Waals surface area contributed by atoms with Gasteiger partial charge in [0.15, 0.2) is 4.34 Å². The molecule has 0 spiro atoms. The Hall–Kier alpha value is -2.37. The summed E-state index contributed by atoms with van der Waals surface area (Å²) >= 11 is 5.76. The number of hydrogen-bond donors (Lipinski definition) is 2. The van der Waals surface area contributed by atoms with Gasteiger partial charge in [0.1, 0.15) is 16.9 Å². The van der Waals surface area contributed by atoms with Gasteiger partial charge in [-0.1, -0.05) is 35.2 Å². The Morgan fingerprint density at radius 3 is 2.96 bits per heavy atom. The van der Waals surface area contributed by atoms with Gasteiger partial charge in [-0.3, -0.25) is 10.1 Å². The maximum Gasteiger partial charge on any atom is 0.257 e. The van der Waals surface area contributed by atoms with Crippen molar-refractivity contribution >= 4 is 61.1 Å². The highest BCUT2D eigenvalue weighted by atomic mass is 79.9. The van der Waals surface area contributed by atoms with Gasteiger partial charge in [0.05, 0.1) is 4.47 Å². The molecule has 0 aliphatic heterocycles. The molecule has 2 aromatic heterocycles. The molecule has 2 aromatic carbocycles. The number of hydrogen-bond acceptors (Lipinski definition) is 7. The molecule has 0 fully saturated rings. The number of rotatable bonds is 5. The third-order valence-corrected chi connectivity index (χ3v) is 6.22. The van der Waals surface area contributed by atoms with Crippen LogP contribution in [0, 0.1) is 5.82 Å². The summed E-state index contributed by atoms with van der Waals surface area (Å²) in [7, 11) is 0. The van der Waals surface area contributed by atoms with Crippen LogP contribution < -0.4 is 5.32 Å². The van der Waals surface area contributed by atoms with E-state index >= 15 is 0 Å². The molecule has 27 heavy (non-hydrogen) atoms. The summed E-state index contributed by atoms with van der Waals surface area (Å²) in [4.78, 5) is 12.4. The van der Waals surface area contributed by atoms with Crippen LogP contribution in [0.2, 0.25) is 0 Å². The van der Waals surface area contributed by atoms with E-state index in [4.69, 9.17) is 0 Å². The zero-order valence-corrected chi connectivity index (χ0v) is 16.7. The molecule has 2 heterocycles. The number of amides is 1. The van der Waals surface area contributed by atoms with Crippen molar-refractivity contribution in [2.75, 3.05) is 5.32 Å². The monoisotopic (exact) mass is 464 g/mol. The molecule has 4 aromatic rings. The molecule has 11 heteroatoms. The molecule has 0 saturated carbocycles. The van der Waals surface area contributed by atoms with Crippen LogP contribution in [0.15, 0.2) is 45.2 Å². The zero-order chi connectivity index (χ0) is 18.8. The molecular formula is C16H10BrFN6OS2. The first kappa shape index (κ1) is 18.0. The number of H-pyrrole nitrogens is 1. The van der Waals surface area contributed by atoms with E-state index in [-0.39, 0.29) is 11.7 Å². The maximum atomic E-state index is 14.0. The zero-order valence-electron chi connectivity index (χ0n) is 13.4. The van der Waals surface area contributed by atoms with Crippen molar-refractivity contribution in [2.24, 2.45) is 0 Å². The number of anilines is 1. The topological polar surface area (TPSA) is 96.5 Å². The van der Waals surface area contributed by atoms with Gasteiger partial charge in [-0.05, 0) is 45.8 Å². The lowest BCUT2D eigenvalue weighted by Gasteiger charge is -2.02. The standard InChI is InChI=1S/C16H10BrFN6OS2/c17-10-3-1-2-9(13(10)18)7-26-16-23-22-15(27-16)19-14(25)8-4-5-11-12(6-8)21-24-20-11/h1-6H,7H2,(H,19,22,25)(H,20,21,24). The number of carbonyl (C=O) groups excluding carboxylic acids is 1. The average Bonchev–Trinajstić information content (AvgIpc) is 3.31. The molecule has 0 unspecified atom stereocenters. The predicted octanol–water partition coefficient (Wildman–Crippen LogP) is 4.26. The maximum absolute atomic E-state index is 14.0. The summed E-state index contributed by atoms with van der Waals surface area (Å²) < 4.78 is 15.1. The van der Waals surface area contributed by atoms with Gasteiger partial charge < -0.3 is 0 Å². The van der Waals surface area contributed by atoms with Gasteiger partial charge in [0.2, 0.25) is 5.13 Å². The fraction of sp³-hybridized carbons (Fsp3) is 0.0625. The summed E-state index contributed by atoms with van der Waals surface area (Å²) in [5.74, 6) is -0.187. The van der Waals surface area contributed by atoms with E-state index in [9.17, 15) is 9.18 Å². The van der Waals surface area contributed by atoms with Crippen molar-refractivity contribution < 1.29 is 9.18 Å². The van der Waals surface area contributed by atoms with Crippen molar-refractivity contribution in [1.82, 2.24) is 25.6 Å². The quantitative estimate of drug-likeness (QED) is 0.338. The molecule has 4 rings (SSSR count). The lowest BCUT2D eigenvalue weighted by atomic mass is 10.2. The summed E-state index contributed by atoms with van der Waals surface area (Å²) in [5.41, 5.74) is 2.29. The van der Waals surface area contributed by atoms with Crippen LogP contribution in [0.1, 0.15) is 15.9 Å². The first-order valence-electron chi connectivity index (χ1n) is 7.61. The number of halogens is 2. The van der Waals surface area contributed by atoms with Gasteiger partial charge in [-0.25, -0.2) is 4.39 Å². The number of thioether (sulfide) groups is 1. The number of carbonyl (C=O) groups is 1. The normalized spacial score (nSPS) is 11.0. The van der Waals surface area contributed by atoms with E-state index in [2.05, 4.69) is 46.9 Å². The highest BCUT2D eigenvalue weighted by molar-refractivity contribution is 9.10. The number of benzene rings is 2. The van der Waals surface area contributed by atoms with Gasteiger partial charge in [0, 0.05) is 11.3 Å². The van der Waals surface area contributed by atoms with Gasteiger partial charge in [-0.2, -0.15) is 15.4 Å². The van der Waals surface area contributed by atoms with Gasteiger partial charge in [0.25, 0.3) is 5.91 Å². The molecule has 0 bridgehead atoms. The summed E-state index contributed by atoms with van der Waals surface area (Å²) in [6.07, 6.45) is 0. The minimum Gasteiger partial charge on any atom is -0.296 e. The van der Waals surface area contributed by atoms with Crippen molar-refractivity contribution in [3.05, 3.63) is 57.8 Å². The van der Waals surface area contributed by atoms with Crippen LogP contribution in [0.25, 0.3) is 11.0 Å². The minimum absolute atomic E-state index is 0.286. The largest absolute Gasteiger partial charge is 0.296 e. The van der Waals surface area contributed by atoms with Gasteiger partial charge >= 0.3 is 0 Å². The molecule has 0 aliphatic rings. The lowest BCUT2D eigenvalue weighted by Crippen LogP contribution is -2.11. The molecule has 0 radical (unpaired) electrons. The molecule has 0 atom stereocenters. The molecule has 0 saturated heterocycles. The Morgan fingerprint density at radius 2 is 2.07 bits per heavy atom. The van der Waals surface area contributed by atoms with E-state index < -0.39 is 0 Å². The first-order valence-corrected chi connectivity index (χ1v) is 10.2. The van der Waals surface area contributed by atoms with Crippen LogP contribution in [-0.2, 0) is 5.75 Å². The second-order valence-electron chi connectivity index (χ2n) is 5.36. The minimum atomic E-state index is -0.314. The highest BCUT2D eigenvalue weighted by Gasteiger charge is 2.13. The van der Waals surface area contributed by atoms with E-state index in [1.165, 1.54) is 23.1 Å². The molecule has 2 N–H and O–H groups in total. The van der Waals surface area contributed by atoms with Crippen molar-refractivity contribution in [3.8, 4) is 0 Å². The number of aromatic nitrogens is 5. The van der Waals surface area contributed by atoms with Crippen LogP contribution >= 0.6 is 39.0 Å². The number of aromatic amines is 1. The Bertz CT molecular complexity index is 1130. The molecule has 136 valence electrons. The lowest BCUT2D eigenvalue weighted by molar-refractivity contribution is 0.102. The van der Waals surface area contributed by atoms with Crippen LogP contribution in [0.3, 0.4) is 0 Å². The van der Waals surface area contributed by atoms with E-state index in [1.807, 2.05) is 0 Å². The van der Waals surface area contributed by atoms with E-state index in [0.717, 1.165) is 0 Å². The molecule has 0 aliphatic carbocycles. The van der Waals surface area contributed by atoms with Crippen molar-refractivity contribution in [3.63, 3.8) is 0 Å². The molecule has 1 amide bonds. The van der Waals surface area contributed by atoms with Crippen LogP contribution in [0.5, 0.6) is 0 Å². The number of nitrogens with one attached hydrogen (secondary N) is 2. The highest BCUT2D eigenvalue weighted by Crippen LogP contribution is 2.30. The van der Waals surface area contributed by atoms with Gasteiger partial charge in [-0.15, -0.1) is 10.2 Å². The summed E-state index contributed by atoms with van der Waals surface area (Å²) in [6, 6.07) is 10.2. The molecular weight excluding hydrogens is 455 g/mol. The third-order valence-electron chi connectivity index (χ3n) is 3.59. The fourth-order valence-electron chi connectivity index (χ4n) is 2.27. The Balaban J connectivity index is 1.41. The Labute approximate surface area is 168 Å². The summed E-state index contributed by atoms with van der Waals surface area (Å²) in [6.45, 7) is 0. The average molecular weight is 465 g/mol. The summed E-state index contributed by atoms with van der Waals surface area (Å²) in [5, 5.41) is 21.5. The van der Waals surface area contributed by atoms with Crippen LogP contribution in [-0.4, -0.2) is 31.5 Å². The number of nitrogens with zero attached hydrogens (tertiary/aromatic N) is 4. The second-order valence-corrected chi connectivity index (χ2v) is 8.41. The van der Waals surface area contributed by atoms with Crippen molar-refractivity contribution in [2.45, 2.75) is 10.1 Å². The van der Waals surface area contributed by atoms with Crippen LogP contribution in [0.4, 0.5) is 9.52 Å². The molecule has 7 nitrogen and oxygen atoms in total. The first-order chi connectivity index (χ1) is 13.1. The van der Waals surface area contributed by atoms with E-state index in [0.29, 0.717) is 41.9 Å². The second kappa shape index (κ2) is 7.71. The predicted molar refractivity (Wildman–Crippen MR) is 105 cm³/mol. The SMILES string of the molecule is O=C(Nc1nnc(SCc2cccc(Br)c2F)s1)c1ccc2n[nH]nc2c1. The smallest absolute Gasteiger partial charge is 0.257 e.